The van der Waals surface area contributed by atoms with E-state index < -0.39 is 0 Å². The van der Waals surface area contributed by atoms with Gasteiger partial charge >= 0.3 is 7.12 Å². The molecule has 2 atom stereocenters. The van der Waals surface area contributed by atoms with Gasteiger partial charge in [-0.05, 0) is 45.9 Å². The Bertz CT molecular complexity index is 222. The molecule has 1 heterocycles. The number of hydrogen-bond donors (Lipinski definition) is 0. The Morgan fingerprint density at radius 2 is 1.44 bits per heavy atom. The quantitative estimate of drug-likeness (QED) is 0.676. The molecule has 2 nitrogen and oxygen atoms in total. The zero-order valence-corrected chi connectivity index (χ0v) is 12.0. The first kappa shape index (κ1) is 14.0. The lowest BCUT2D eigenvalue weighted by Crippen LogP contribution is -2.41. The van der Waals surface area contributed by atoms with Crippen molar-refractivity contribution in [3.05, 3.63) is 0 Å². The summed E-state index contributed by atoms with van der Waals surface area (Å²) in [7, 11) is -0.0426. The predicted octanol–water partition coefficient (Wildman–Crippen LogP) is 3.90. The second-order valence-corrected chi connectivity index (χ2v) is 6.35. The highest BCUT2D eigenvalue weighted by Gasteiger charge is 2.52. The molecule has 94 valence electrons. The first-order valence-electron chi connectivity index (χ1n) is 6.55. The molecule has 16 heavy (non-hydrogen) atoms. The third-order valence-corrected chi connectivity index (χ3v) is 4.21. The third kappa shape index (κ3) is 2.81. The van der Waals surface area contributed by atoms with Crippen LogP contribution in [-0.2, 0) is 9.31 Å². The minimum atomic E-state index is -0.193. The first-order chi connectivity index (χ1) is 7.19. The van der Waals surface area contributed by atoms with Crippen LogP contribution in [0, 0.1) is 5.92 Å². The van der Waals surface area contributed by atoms with Crippen LogP contribution in [0.15, 0.2) is 0 Å². The molecular formula is C13H27BO2. The molecule has 0 saturated carbocycles. The zero-order valence-electron chi connectivity index (χ0n) is 12.0. The average molecular weight is 226 g/mol. The fourth-order valence-electron chi connectivity index (χ4n) is 2.03. The summed E-state index contributed by atoms with van der Waals surface area (Å²) in [5, 5.41) is 0. The molecule has 3 heteroatoms. The molecule has 0 amide bonds. The fourth-order valence-corrected chi connectivity index (χ4v) is 2.03. The van der Waals surface area contributed by atoms with Gasteiger partial charge in [0.2, 0.25) is 0 Å². The van der Waals surface area contributed by atoms with Gasteiger partial charge in [0.15, 0.2) is 0 Å². The molecule has 0 radical (unpaired) electrons. The van der Waals surface area contributed by atoms with Gasteiger partial charge in [0, 0.05) is 0 Å². The van der Waals surface area contributed by atoms with Crippen LogP contribution in [0.25, 0.3) is 0 Å². The minimum Gasteiger partial charge on any atom is -0.403 e. The Hall–Kier alpha value is -0.0151. The summed E-state index contributed by atoms with van der Waals surface area (Å²) in [5.41, 5.74) is -0.386. The van der Waals surface area contributed by atoms with Crippen molar-refractivity contribution >= 4 is 7.12 Å². The van der Waals surface area contributed by atoms with E-state index in [1.165, 1.54) is 12.8 Å². The van der Waals surface area contributed by atoms with Crippen LogP contribution in [0.5, 0.6) is 0 Å². The highest BCUT2D eigenvalue weighted by molar-refractivity contribution is 6.47. The lowest BCUT2D eigenvalue weighted by atomic mass is 9.69. The Morgan fingerprint density at radius 3 is 1.81 bits per heavy atom. The van der Waals surface area contributed by atoms with Gasteiger partial charge in [-0.2, -0.15) is 0 Å². The Balaban J connectivity index is 2.58. The van der Waals surface area contributed by atoms with Crippen LogP contribution in [0.1, 0.15) is 61.3 Å². The van der Waals surface area contributed by atoms with Gasteiger partial charge in [0.25, 0.3) is 0 Å². The molecule has 0 aromatic carbocycles. The van der Waals surface area contributed by atoms with Gasteiger partial charge in [0.1, 0.15) is 0 Å². The summed E-state index contributed by atoms with van der Waals surface area (Å²) >= 11 is 0. The van der Waals surface area contributed by atoms with Crippen molar-refractivity contribution < 1.29 is 9.31 Å². The van der Waals surface area contributed by atoms with Crippen LogP contribution in [0.4, 0.5) is 0 Å². The molecule has 1 aliphatic rings. The van der Waals surface area contributed by atoms with Crippen molar-refractivity contribution in [3.63, 3.8) is 0 Å². The van der Waals surface area contributed by atoms with E-state index in [0.717, 1.165) is 5.92 Å². The van der Waals surface area contributed by atoms with E-state index in [9.17, 15) is 0 Å². The van der Waals surface area contributed by atoms with E-state index >= 15 is 0 Å². The maximum absolute atomic E-state index is 6.05. The lowest BCUT2D eigenvalue weighted by Gasteiger charge is -2.32. The predicted molar refractivity (Wildman–Crippen MR) is 69.6 cm³/mol. The first-order valence-corrected chi connectivity index (χ1v) is 6.55. The molecule has 0 bridgehead atoms. The number of hydrogen-bond acceptors (Lipinski definition) is 2. The maximum Gasteiger partial charge on any atom is 0.460 e. The highest BCUT2D eigenvalue weighted by Crippen LogP contribution is 2.41. The van der Waals surface area contributed by atoms with Gasteiger partial charge in [-0.15, -0.1) is 0 Å². The topological polar surface area (TPSA) is 18.5 Å². The van der Waals surface area contributed by atoms with Crippen LogP contribution in [-0.4, -0.2) is 18.3 Å². The van der Waals surface area contributed by atoms with Crippen LogP contribution >= 0.6 is 0 Å². The lowest BCUT2D eigenvalue weighted by molar-refractivity contribution is 0.00578. The molecule has 1 unspecified atom stereocenters. The Kier molecular flexibility index (Phi) is 4.12. The van der Waals surface area contributed by atoms with Crippen molar-refractivity contribution in [1.29, 1.82) is 0 Å². The third-order valence-electron chi connectivity index (χ3n) is 4.21. The van der Waals surface area contributed by atoms with E-state index in [1.807, 2.05) is 0 Å². The van der Waals surface area contributed by atoms with E-state index in [0.29, 0.717) is 5.82 Å². The van der Waals surface area contributed by atoms with Crippen molar-refractivity contribution in [2.75, 3.05) is 0 Å². The molecule has 0 N–H and O–H groups in total. The van der Waals surface area contributed by atoms with E-state index in [4.69, 9.17) is 9.31 Å². The zero-order chi connectivity index (χ0) is 12.6. The summed E-state index contributed by atoms with van der Waals surface area (Å²) < 4.78 is 12.1. The largest absolute Gasteiger partial charge is 0.460 e. The van der Waals surface area contributed by atoms with Crippen LogP contribution in [0.3, 0.4) is 0 Å². The summed E-state index contributed by atoms with van der Waals surface area (Å²) in [4.78, 5) is 0. The van der Waals surface area contributed by atoms with E-state index in [1.54, 1.807) is 0 Å². The SMILES string of the molecule is CC[C@H](C)CC(C)B1OC(C)(C)C(C)(C)O1. The van der Waals surface area contributed by atoms with Gasteiger partial charge in [-0.1, -0.05) is 27.2 Å². The average Bonchev–Trinajstić information content (AvgIpc) is 2.36. The molecule has 0 aliphatic carbocycles. The maximum atomic E-state index is 6.05. The number of rotatable bonds is 4. The van der Waals surface area contributed by atoms with Crippen LogP contribution < -0.4 is 0 Å². The molecule has 0 aromatic heterocycles. The van der Waals surface area contributed by atoms with Crippen molar-refractivity contribution in [2.45, 2.75) is 78.3 Å². The van der Waals surface area contributed by atoms with Gasteiger partial charge in [-0.25, -0.2) is 0 Å². The van der Waals surface area contributed by atoms with E-state index in [-0.39, 0.29) is 18.3 Å². The fraction of sp³-hybridized carbons (Fsp3) is 1.00. The summed E-state index contributed by atoms with van der Waals surface area (Å²) in [5.74, 6) is 1.21. The second kappa shape index (κ2) is 4.69. The van der Waals surface area contributed by atoms with Crippen molar-refractivity contribution in [3.8, 4) is 0 Å². The van der Waals surface area contributed by atoms with Crippen molar-refractivity contribution in [2.24, 2.45) is 5.92 Å². The van der Waals surface area contributed by atoms with Crippen molar-refractivity contribution in [1.82, 2.24) is 0 Å². The summed E-state index contributed by atoms with van der Waals surface area (Å²) in [6.45, 7) is 15.2. The minimum absolute atomic E-state index is 0.0426. The monoisotopic (exact) mass is 226 g/mol. The molecule has 1 aliphatic heterocycles. The summed E-state index contributed by atoms with van der Waals surface area (Å²) in [6, 6.07) is 0. The smallest absolute Gasteiger partial charge is 0.403 e. The van der Waals surface area contributed by atoms with Gasteiger partial charge in [-0.3, -0.25) is 0 Å². The van der Waals surface area contributed by atoms with Gasteiger partial charge in [0.05, 0.1) is 11.2 Å². The second-order valence-electron chi connectivity index (χ2n) is 6.35. The highest BCUT2D eigenvalue weighted by atomic mass is 16.7. The molecule has 0 aromatic rings. The summed E-state index contributed by atoms with van der Waals surface area (Å²) in [6.07, 6.45) is 2.40. The standard InChI is InChI=1S/C13H27BO2/c1-8-10(2)9-11(3)14-15-12(4,5)13(6,7)16-14/h10-11H,8-9H2,1-7H3/t10-,11?/m0/s1. The van der Waals surface area contributed by atoms with Crippen LogP contribution in [0.2, 0.25) is 5.82 Å². The van der Waals surface area contributed by atoms with E-state index in [2.05, 4.69) is 48.5 Å². The molecule has 1 saturated heterocycles. The van der Waals surface area contributed by atoms with Gasteiger partial charge < -0.3 is 9.31 Å². The Labute approximate surface area is 101 Å². The molecule has 1 rings (SSSR count). The molecule has 0 spiro atoms. The normalized spacial score (nSPS) is 26.8. The Morgan fingerprint density at radius 1 is 1.00 bits per heavy atom. The molecular weight excluding hydrogens is 199 g/mol. The molecule has 1 fully saturated rings.